The van der Waals surface area contributed by atoms with E-state index in [1.807, 2.05) is 79.1 Å². The Labute approximate surface area is 179 Å². The fourth-order valence-corrected chi connectivity index (χ4v) is 3.53. The largest absolute Gasteiger partial charge is 0.455 e. The van der Waals surface area contributed by atoms with E-state index in [2.05, 4.69) is 5.32 Å². The summed E-state index contributed by atoms with van der Waals surface area (Å²) < 4.78 is 5.35. The first-order chi connectivity index (χ1) is 14.6. The predicted octanol–water partition coefficient (Wildman–Crippen LogP) is 4.88. The Morgan fingerprint density at radius 2 is 1.60 bits per heavy atom. The molecule has 0 aromatic heterocycles. The molecule has 0 saturated heterocycles. The summed E-state index contributed by atoms with van der Waals surface area (Å²) >= 11 is 1.05. The third-order valence-corrected chi connectivity index (χ3v) is 5.06. The van der Waals surface area contributed by atoms with Crippen molar-refractivity contribution in [2.45, 2.75) is 17.7 Å². The van der Waals surface area contributed by atoms with Crippen molar-refractivity contribution in [1.82, 2.24) is 0 Å². The molecular formula is C24H20N2O3S. The molecule has 0 aliphatic carbocycles. The summed E-state index contributed by atoms with van der Waals surface area (Å²) in [7, 11) is 0. The van der Waals surface area contributed by atoms with E-state index < -0.39 is 17.8 Å². The number of nitriles is 1. The number of anilines is 1. The van der Waals surface area contributed by atoms with E-state index in [4.69, 9.17) is 10.00 Å². The minimum Gasteiger partial charge on any atom is -0.455 e. The third-order valence-electron chi connectivity index (χ3n) is 4.48. The molecule has 5 nitrogen and oxygen atoms in total. The summed E-state index contributed by atoms with van der Waals surface area (Å²) in [6, 6.07) is 24.0. The number of ether oxygens (including phenoxy) is 1. The average molecular weight is 417 g/mol. The van der Waals surface area contributed by atoms with Crippen molar-refractivity contribution in [2.24, 2.45) is 0 Å². The smallest absolute Gasteiger partial charge is 0.318 e. The molecule has 30 heavy (non-hydrogen) atoms. The molecular weight excluding hydrogens is 396 g/mol. The SMILES string of the molecule is Cc1cc(SC#N)ccc1NC(=O)COC(=O)C(c1ccccc1)c1ccccc1. The number of thioether (sulfide) groups is 1. The molecule has 0 aliphatic rings. The summed E-state index contributed by atoms with van der Waals surface area (Å²) in [5, 5.41) is 13.5. The van der Waals surface area contributed by atoms with Crippen molar-refractivity contribution in [2.75, 3.05) is 11.9 Å². The zero-order valence-corrected chi connectivity index (χ0v) is 17.2. The number of hydrogen-bond acceptors (Lipinski definition) is 5. The molecule has 3 rings (SSSR count). The maximum Gasteiger partial charge on any atom is 0.318 e. The second-order valence-corrected chi connectivity index (χ2v) is 7.44. The summed E-state index contributed by atoms with van der Waals surface area (Å²) in [6.45, 7) is 1.45. The normalized spacial score (nSPS) is 10.3. The highest BCUT2D eigenvalue weighted by Gasteiger charge is 2.24. The molecule has 0 radical (unpaired) electrons. The summed E-state index contributed by atoms with van der Waals surface area (Å²) in [5.41, 5.74) is 3.04. The van der Waals surface area contributed by atoms with Crippen LogP contribution in [0.15, 0.2) is 83.8 Å². The quantitative estimate of drug-likeness (QED) is 0.337. The van der Waals surface area contributed by atoms with Crippen molar-refractivity contribution < 1.29 is 14.3 Å². The van der Waals surface area contributed by atoms with Gasteiger partial charge in [-0.2, -0.15) is 5.26 Å². The highest BCUT2D eigenvalue weighted by atomic mass is 32.2. The molecule has 0 fully saturated rings. The number of esters is 1. The number of aryl methyl sites for hydroxylation is 1. The summed E-state index contributed by atoms with van der Waals surface area (Å²) in [6.07, 6.45) is 0. The van der Waals surface area contributed by atoms with Crippen LogP contribution in [0.2, 0.25) is 0 Å². The van der Waals surface area contributed by atoms with E-state index in [9.17, 15) is 9.59 Å². The highest BCUT2D eigenvalue weighted by Crippen LogP contribution is 2.26. The first-order valence-electron chi connectivity index (χ1n) is 9.31. The Balaban J connectivity index is 1.67. The van der Waals surface area contributed by atoms with Gasteiger partial charge in [-0.15, -0.1) is 0 Å². The fourth-order valence-electron chi connectivity index (χ4n) is 3.05. The van der Waals surface area contributed by atoms with Crippen LogP contribution in [-0.4, -0.2) is 18.5 Å². The van der Waals surface area contributed by atoms with Crippen LogP contribution in [0.5, 0.6) is 0 Å². The number of carbonyl (C=O) groups is 2. The Morgan fingerprint density at radius 3 is 2.13 bits per heavy atom. The lowest BCUT2D eigenvalue weighted by molar-refractivity contribution is -0.147. The summed E-state index contributed by atoms with van der Waals surface area (Å²) in [4.78, 5) is 26.0. The van der Waals surface area contributed by atoms with Gasteiger partial charge in [0, 0.05) is 10.6 Å². The van der Waals surface area contributed by atoms with Crippen LogP contribution in [0, 0.1) is 17.6 Å². The molecule has 0 aliphatic heterocycles. The molecule has 0 spiro atoms. The van der Waals surface area contributed by atoms with Crippen LogP contribution in [0.3, 0.4) is 0 Å². The fraction of sp³-hybridized carbons (Fsp3) is 0.125. The van der Waals surface area contributed by atoms with Gasteiger partial charge >= 0.3 is 5.97 Å². The van der Waals surface area contributed by atoms with Crippen LogP contribution in [0.4, 0.5) is 5.69 Å². The lowest BCUT2D eigenvalue weighted by Gasteiger charge is -2.17. The van der Waals surface area contributed by atoms with Gasteiger partial charge in [0.25, 0.3) is 5.91 Å². The highest BCUT2D eigenvalue weighted by molar-refractivity contribution is 8.03. The number of thiocyanates is 1. The van der Waals surface area contributed by atoms with E-state index in [1.54, 1.807) is 12.1 Å². The molecule has 0 unspecified atom stereocenters. The number of carbonyl (C=O) groups excluding carboxylic acids is 2. The van der Waals surface area contributed by atoms with Gasteiger partial charge in [-0.1, -0.05) is 60.7 Å². The second kappa shape index (κ2) is 10.3. The molecule has 150 valence electrons. The number of benzene rings is 3. The number of amides is 1. The minimum absolute atomic E-state index is 0.386. The summed E-state index contributed by atoms with van der Waals surface area (Å²) in [5.74, 6) is -1.52. The number of nitrogens with zero attached hydrogens (tertiary/aromatic N) is 1. The molecule has 0 heterocycles. The number of rotatable bonds is 7. The maximum atomic E-state index is 12.8. The van der Waals surface area contributed by atoms with Gasteiger partial charge < -0.3 is 10.1 Å². The first kappa shape index (κ1) is 21.2. The Bertz CT molecular complexity index is 1020. The Hall–Kier alpha value is -3.56. The van der Waals surface area contributed by atoms with E-state index >= 15 is 0 Å². The Morgan fingerprint density at radius 1 is 1.00 bits per heavy atom. The van der Waals surface area contributed by atoms with Gasteiger partial charge in [0.15, 0.2) is 6.61 Å². The topological polar surface area (TPSA) is 79.2 Å². The third kappa shape index (κ3) is 5.49. The zero-order valence-electron chi connectivity index (χ0n) is 16.4. The van der Waals surface area contributed by atoms with Crippen molar-refractivity contribution in [3.8, 4) is 5.40 Å². The maximum absolute atomic E-state index is 12.8. The van der Waals surface area contributed by atoms with Crippen LogP contribution in [-0.2, 0) is 14.3 Å². The van der Waals surface area contributed by atoms with Crippen LogP contribution in [0.25, 0.3) is 0 Å². The number of nitrogens with one attached hydrogen (secondary N) is 1. The van der Waals surface area contributed by atoms with Gasteiger partial charge in [-0.3, -0.25) is 9.59 Å². The van der Waals surface area contributed by atoms with Crippen molar-refractivity contribution in [3.05, 3.63) is 95.6 Å². The van der Waals surface area contributed by atoms with Gasteiger partial charge in [-0.05, 0) is 53.6 Å². The van der Waals surface area contributed by atoms with E-state index in [0.29, 0.717) is 5.69 Å². The van der Waals surface area contributed by atoms with E-state index in [-0.39, 0.29) is 6.61 Å². The Kier molecular flexibility index (Phi) is 7.25. The molecule has 0 saturated carbocycles. The van der Waals surface area contributed by atoms with Crippen LogP contribution >= 0.6 is 11.8 Å². The molecule has 0 bridgehead atoms. The average Bonchev–Trinajstić information content (AvgIpc) is 2.76. The standard InChI is InChI=1S/C24H20N2O3S/c1-17-14-20(30-16-25)12-13-21(17)26-22(27)15-29-24(28)23(18-8-4-2-5-9-18)19-10-6-3-7-11-19/h2-14,23H,15H2,1H3,(H,26,27). The van der Waals surface area contributed by atoms with Crippen molar-refractivity contribution in [3.63, 3.8) is 0 Å². The lowest BCUT2D eigenvalue weighted by atomic mass is 9.91. The van der Waals surface area contributed by atoms with Crippen LogP contribution < -0.4 is 5.32 Å². The van der Waals surface area contributed by atoms with Gasteiger partial charge in [0.05, 0.1) is 0 Å². The molecule has 0 atom stereocenters. The molecule has 3 aromatic carbocycles. The zero-order chi connectivity index (χ0) is 21.3. The second-order valence-electron chi connectivity index (χ2n) is 6.58. The monoisotopic (exact) mass is 416 g/mol. The number of hydrogen-bond donors (Lipinski definition) is 1. The predicted molar refractivity (Wildman–Crippen MR) is 117 cm³/mol. The minimum atomic E-state index is -0.607. The molecule has 1 amide bonds. The van der Waals surface area contributed by atoms with Crippen molar-refractivity contribution >= 4 is 29.3 Å². The van der Waals surface area contributed by atoms with Gasteiger partial charge in [-0.25, -0.2) is 0 Å². The molecule has 6 heteroatoms. The van der Waals surface area contributed by atoms with Gasteiger partial charge in [0.2, 0.25) is 0 Å². The van der Waals surface area contributed by atoms with Crippen LogP contribution in [0.1, 0.15) is 22.6 Å². The van der Waals surface area contributed by atoms with Gasteiger partial charge in [0.1, 0.15) is 11.3 Å². The van der Waals surface area contributed by atoms with E-state index in [0.717, 1.165) is 33.3 Å². The first-order valence-corrected chi connectivity index (χ1v) is 10.1. The molecule has 3 aromatic rings. The molecule has 1 N–H and O–H groups in total. The lowest BCUT2D eigenvalue weighted by Crippen LogP contribution is -2.24. The van der Waals surface area contributed by atoms with Crippen molar-refractivity contribution in [1.29, 1.82) is 5.26 Å². The van der Waals surface area contributed by atoms with E-state index in [1.165, 1.54) is 0 Å².